The monoisotopic (exact) mass is 177 g/mol. The zero-order valence-electron chi connectivity index (χ0n) is 7.94. The van der Waals surface area contributed by atoms with Crippen molar-refractivity contribution in [3.63, 3.8) is 0 Å². The predicted octanol–water partition coefficient (Wildman–Crippen LogP) is 1.91. The van der Waals surface area contributed by atoms with Crippen LogP contribution in [0.25, 0.3) is 0 Å². The standard InChI is InChI=1S/C11H15NO/c1-13-11-7-8-12(9-11)10-5-3-2-4-6-10/h2-6,11H,7-9H2,1H3. The van der Waals surface area contributed by atoms with Crippen molar-refractivity contribution < 1.29 is 4.74 Å². The van der Waals surface area contributed by atoms with Crippen LogP contribution in [0.4, 0.5) is 5.69 Å². The molecular formula is C11H15NO. The fraction of sp³-hybridized carbons (Fsp3) is 0.455. The maximum absolute atomic E-state index is 5.32. The summed E-state index contributed by atoms with van der Waals surface area (Å²) in [6, 6.07) is 10.5. The number of rotatable bonds is 2. The van der Waals surface area contributed by atoms with Gasteiger partial charge in [0, 0.05) is 25.9 Å². The van der Waals surface area contributed by atoms with Crippen molar-refractivity contribution in [1.29, 1.82) is 0 Å². The van der Waals surface area contributed by atoms with Crippen LogP contribution in [0.15, 0.2) is 30.3 Å². The van der Waals surface area contributed by atoms with E-state index in [1.165, 1.54) is 5.69 Å². The molecule has 2 nitrogen and oxygen atoms in total. The molecule has 1 aromatic carbocycles. The Hall–Kier alpha value is -1.02. The summed E-state index contributed by atoms with van der Waals surface area (Å²) in [5.74, 6) is 0. The molecule has 0 N–H and O–H groups in total. The van der Waals surface area contributed by atoms with Gasteiger partial charge in [-0.15, -0.1) is 0 Å². The molecule has 0 aromatic heterocycles. The second-order valence-electron chi connectivity index (χ2n) is 3.43. The Morgan fingerprint density at radius 3 is 2.69 bits per heavy atom. The molecule has 0 saturated carbocycles. The summed E-state index contributed by atoms with van der Waals surface area (Å²) in [7, 11) is 1.79. The molecule has 0 aliphatic carbocycles. The molecule has 70 valence electrons. The normalized spacial score (nSPS) is 22.2. The van der Waals surface area contributed by atoms with E-state index in [9.17, 15) is 0 Å². The van der Waals surface area contributed by atoms with Crippen molar-refractivity contribution in [2.24, 2.45) is 0 Å². The van der Waals surface area contributed by atoms with E-state index in [0.717, 1.165) is 19.5 Å². The second-order valence-corrected chi connectivity index (χ2v) is 3.43. The minimum atomic E-state index is 0.417. The van der Waals surface area contributed by atoms with Crippen LogP contribution in [0, 0.1) is 0 Å². The average Bonchev–Trinajstić information content (AvgIpc) is 2.67. The SMILES string of the molecule is COC1CCN(c2ccccc2)C1. The smallest absolute Gasteiger partial charge is 0.0762 e. The van der Waals surface area contributed by atoms with Crippen LogP contribution in [0.1, 0.15) is 6.42 Å². The fourth-order valence-electron chi connectivity index (χ4n) is 1.79. The number of benzene rings is 1. The summed E-state index contributed by atoms with van der Waals surface area (Å²) < 4.78 is 5.32. The van der Waals surface area contributed by atoms with Gasteiger partial charge in [0.25, 0.3) is 0 Å². The van der Waals surface area contributed by atoms with Gasteiger partial charge in [-0.05, 0) is 18.6 Å². The molecule has 0 bridgehead atoms. The molecule has 0 radical (unpaired) electrons. The molecule has 1 aliphatic heterocycles. The van der Waals surface area contributed by atoms with Crippen LogP contribution in [0.2, 0.25) is 0 Å². The molecule has 13 heavy (non-hydrogen) atoms. The van der Waals surface area contributed by atoms with Crippen molar-refractivity contribution >= 4 is 5.69 Å². The lowest BCUT2D eigenvalue weighted by molar-refractivity contribution is 0.121. The lowest BCUT2D eigenvalue weighted by atomic mass is 10.3. The summed E-state index contributed by atoms with van der Waals surface area (Å²) in [4.78, 5) is 2.37. The molecular weight excluding hydrogens is 162 g/mol. The molecule has 1 atom stereocenters. The fourth-order valence-corrected chi connectivity index (χ4v) is 1.79. The van der Waals surface area contributed by atoms with Crippen molar-refractivity contribution in [2.75, 3.05) is 25.1 Å². The molecule has 1 aromatic rings. The zero-order chi connectivity index (χ0) is 9.10. The first-order chi connectivity index (χ1) is 6.40. The van der Waals surface area contributed by atoms with Gasteiger partial charge < -0.3 is 9.64 Å². The Kier molecular flexibility index (Phi) is 2.50. The molecule has 2 rings (SSSR count). The lowest BCUT2D eigenvalue weighted by Gasteiger charge is -2.17. The highest BCUT2D eigenvalue weighted by Crippen LogP contribution is 2.20. The number of para-hydroxylation sites is 1. The Balaban J connectivity index is 2.04. The van der Waals surface area contributed by atoms with Gasteiger partial charge in [0.2, 0.25) is 0 Å². The molecule has 1 aliphatic rings. The van der Waals surface area contributed by atoms with E-state index >= 15 is 0 Å². The number of anilines is 1. The third kappa shape index (κ3) is 1.83. The van der Waals surface area contributed by atoms with Gasteiger partial charge in [-0.25, -0.2) is 0 Å². The molecule has 1 unspecified atom stereocenters. The van der Waals surface area contributed by atoms with Crippen LogP contribution >= 0.6 is 0 Å². The van der Waals surface area contributed by atoms with Crippen LogP contribution < -0.4 is 4.90 Å². The largest absolute Gasteiger partial charge is 0.380 e. The van der Waals surface area contributed by atoms with Gasteiger partial charge in [0.15, 0.2) is 0 Å². The Bertz CT molecular complexity index is 260. The minimum Gasteiger partial charge on any atom is -0.380 e. The van der Waals surface area contributed by atoms with Crippen LogP contribution in [-0.2, 0) is 4.74 Å². The minimum absolute atomic E-state index is 0.417. The zero-order valence-corrected chi connectivity index (χ0v) is 7.94. The third-order valence-corrected chi connectivity index (χ3v) is 2.60. The Labute approximate surface area is 79.1 Å². The van der Waals surface area contributed by atoms with E-state index in [0.29, 0.717) is 6.10 Å². The predicted molar refractivity (Wildman–Crippen MR) is 54.1 cm³/mol. The van der Waals surface area contributed by atoms with Crippen LogP contribution in [-0.4, -0.2) is 26.3 Å². The highest BCUT2D eigenvalue weighted by Gasteiger charge is 2.21. The molecule has 1 heterocycles. The molecule has 0 amide bonds. The number of hydrogen-bond donors (Lipinski definition) is 0. The summed E-state index contributed by atoms with van der Waals surface area (Å²) in [5.41, 5.74) is 1.31. The summed E-state index contributed by atoms with van der Waals surface area (Å²) in [5, 5.41) is 0. The first kappa shape index (κ1) is 8.57. The van der Waals surface area contributed by atoms with Gasteiger partial charge in [-0.1, -0.05) is 18.2 Å². The topological polar surface area (TPSA) is 12.5 Å². The number of methoxy groups -OCH3 is 1. The number of hydrogen-bond acceptors (Lipinski definition) is 2. The van der Waals surface area contributed by atoms with Crippen molar-refractivity contribution in [3.8, 4) is 0 Å². The second kappa shape index (κ2) is 3.79. The van der Waals surface area contributed by atoms with Crippen molar-refractivity contribution in [2.45, 2.75) is 12.5 Å². The summed E-state index contributed by atoms with van der Waals surface area (Å²) in [6.45, 7) is 2.14. The molecule has 1 fully saturated rings. The number of ether oxygens (including phenoxy) is 1. The first-order valence-corrected chi connectivity index (χ1v) is 4.73. The highest BCUT2D eigenvalue weighted by atomic mass is 16.5. The van der Waals surface area contributed by atoms with Crippen molar-refractivity contribution in [3.05, 3.63) is 30.3 Å². The summed E-state index contributed by atoms with van der Waals surface area (Å²) >= 11 is 0. The van der Waals surface area contributed by atoms with E-state index in [2.05, 4.69) is 29.2 Å². The average molecular weight is 177 g/mol. The Morgan fingerprint density at radius 1 is 1.31 bits per heavy atom. The van der Waals surface area contributed by atoms with Gasteiger partial charge in [0.05, 0.1) is 6.10 Å². The van der Waals surface area contributed by atoms with Gasteiger partial charge in [-0.3, -0.25) is 0 Å². The van der Waals surface area contributed by atoms with Crippen LogP contribution in [0.3, 0.4) is 0 Å². The number of nitrogens with zero attached hydrogens (tertiary/aromatic N) is 1. The van der Waals surface area contributed by atoms with Crippen molar-refractivity contribution in [1.82, 2.24) is 0 Å². The van der Waals surface area contributed by atoms with E-state index in [-0.39, 0.29) is 0 Å². The maximum atomic E-state index is 5.32. The van der Waals surface area contributed by atoms with Gasteiger partial charge in [-0.2, -0.15) is 0 Å². The van der Waals surface area contributed by atoms with E-state index < -0.39 is 0 Å². The van der Waals surface area contributed by atoms with Gasteiger partial charge in [0.1, 0.15) is 0 Å². The third-order valence-electron chi connectivity index (χ3n) is 2.60. The first-order valence-electron chi connectivity index (χ1n) is 4.73. The van der Waals surface area contributed by atoms with Crippen LogP contribution in [0.5, 0.6) is 0 Å². The molecule has 1 saturated heterocycles. The lowest BCUT2D eigenvalue weighted by Crippen LogP contribution is -2.21. The quantitative estimate of drug-likeness (QED) is 0.684. The van der Waals surface area contributed by atoms with E-state index in [4.69, 9.17) is 4.74 Å². The van der Waals surface area contributed by atoms with Gasteiger partial charge >= 0.3 is 0 Å². The highest BCUT2D eigenvalue weighted by molar-refractivity contribution is 5.46. The van der Waals surface area contributed by atoms with E-state index in [1.807, 2.05) is 6.07 Å². The molecule has 0 spiro atoms. The summed E-state index contributed by atoms with van der Waals surface area (Å²) in [6.07, 6.45) is 1.56. The van der Waals surface area contributed by atoms with E-state index in [1.54, 1.807) is 7.11 Å². The Morgan fingerprint density at radius 2 is 2.08 bits per heavy atom. The maximum Gasteiger partial charge on any atom is 0.0762 e. The molecule has 2 heteroatoms.